The number of ether oxygens (including phenoxy) is 4. The second-order valence-electron chi connectivity index (χ2n) is 25.4. The van der Waals surface area contributed by atoms with Crippen molar-refractivity contribution in [2.45, 2.75) is 368 Å². The Kier molecular flexibility index (Phi) is 59.9. The fraction of sp³-hybridized carbons (Fsp3) is 0.942. The maximum atomic E-state index is 13.0. The second-order valence-corrected chi connectivity index (χ2v) is 28.3. The molecule has 0 aromatic rings. The Hall–Kier alpha value is -1.94. The van der Waals surface area contributed by atoms with E-state index in [4.69, 9.17) is 37.0 Å². The predicted molar refractivity (Wildman–Crippen MR) is 354 cm³/mol. The molecule has 19 heteroatoms. The highest BCUT2D eigenvalue weighted by Gasteiger charge is 2.30. The van der Waals surface area contributed by atoms with E-state index in [-0.39, 0.29) is 25.7 Å². The van der Waals surface area contributed by atoms with Gasteiger partial charge in [0.1, 0.15) is 19.3 Å². The number of rotatable bonds is 68. The van der Waals surface area contributed by atoms with Gasteiger partial charge in [0.2, 0.25) is 0 Å². The molecular weight excluding hydrogens is 1160 g/mol. The van der Waals surface area contributed by atoms with Crippen LogP contribution >= 0.6 is 15.6 Å². The van der Waals surface area contributed by atoms with E-state index in [9.17, 15) is 43.2 Å². The van der Waals surface area contributed by atoms with Crippen LogP contribution in [0.4, 0.5) is 0 Å². The van der Waals surface area contributed by atoms with Crippen LogP contribution in [0, 0.1) is 11.8 Å². The maximum Gasteiger partial charge on any atom is 0.472 e. The van der Waals surface area contributed by atoms with Crippen LogP contribution in [0.3, 0.4) is 0 Å². The van der Waals surface area contributed by atoms with Crippen molar-refractivity contribution in [3.63, 3.8) is 0 Å². The van der Waals surface area contributed by atoms with Crippen LogP contribution in [-0.2, 0) is 65.4 Å². The number of unbranched alkanes of at least 4 members (excludes halogenated alkanes) is 36. The summed E-state index contributed by atoms with van der Waals surface area (Å²) in [4.78, 5) is 72.5. The van der Waals surface area contributed by atoms with Crippen molar-refractivity contribution in [3.05, 3.63) is 0 Å². The first-order valence-corrected chi connectivity index (χ1v) is 39.1. The average molecular weight is 1300 g/mol. The molecule has 3 N–H and O–H groups in total. The average Bonchev–Trinajstić information content (AvgIpc) is 3.63. The fourth-order valence-electron chi connectivity index (χ4n) is 10.4. The molecule has 0 saturated carbocycles. The summed E-state index contributed by atoms with van der Waals surface area (Å²) in [5, 5.41) is 10.6. The zero-order chi connectivity index (χ0) is 65.0. The molecule has 0 saturated heterocycles. The third-order valence-corrected chi connectivity index (χ3v) is 18.6. The van der Waals surface area contributed by atoms with Crippen molar-refractivity contribution in [3.8, 4) is 0 Å². The molecule has 4 unspecified atom stereocenters. The van der Waals surface area contributed by atoms with Gasteiger partial charge in [-0.2, -0.15) is 0 Å². The quantitative estimate of drug-likeness (QED) is 0.0222. The van der Waals surface area contributed by atoms with E-state index in [1.807, 2.05) is 0 Å². The number of hydrogen-bond donors (Lipinski definition) is 3. The Balaban J connectivity index is 5.26. The Bertz CT molecular complexity index is 1720. The van der Waals surface area contributed by atoms with Crippen LogP contribution < -0.4 is 0 Å². The van der Waals surface area contributed by atoms with Gasteiger partial charge in [-0.1, -0.05) is 298 Å². The van der Waals surface area contributed by atoms with Crippen molar-refractivity contribution in [2.24, 2.45) is 11.8 Å². The Morgan fingerprint density at radius 1 is 0.318 bits per heavy atom. The molecule has 88 heavy (non-hydrogen) atoms. The molecule has 522 valence electrons. The summed E-state index contributed by atoms with van der Waals surface area (Å²) in [5.41, 5.74) is 0. The third-order valence-electron chi connectivity index (χ3n) is 16.7. The van der Waals surface area contributed by atoms with Crippen molar-refractivity contribution in [1.82, 2.24) is 0 Å². The minimum atomic E-state index is -4.95. The predicted octanol–water partition coefficient (Wildman–Crippen LogP) is 19.6. The normalized spacial score (nSPS) is 14.8. The summed E-state index contributed by atoms with van der Waals surface area (Å²) >= 11 is 0. The number of phosphoric ester groups is 2. The molecular formula is C69H134O17P2. The summed E-state index contributed by atoms with van der Waals surface area (Å²) < 4.78 is 68.2. The number of carbonyl (C=O) groups excluding carboxylic acids is 4. The van der Waals surface area contributed by atoms with Crippen LogP contribution in [-0.4, -0.2) is 96.7 Å². The maximum absolute atomic E-state index is 13.0. The first-order valence-electron chi connectivity index (χ1n) is 36.1. The lowest BCUT2D eigenvalue weighted by Crippen LogP contribution is -2.30. The molecule has 0 aliphatic rings. The van der Waals surface area contributed by atoms with Crippen LogP contribution in [0.1, 0.15) is 350 Å². The molecule has 0 aliphatic heterocycles. The molecule has 7 atom stereocenters. The molecule has 0 aromatic heterocycles. The highest BCUT2D eigenvalue weighted by atomic mass is 31.2. The van der Waals surface area contributed by atoms with Crippen LogP contribution in [0.2, 0.25) is 0 Å². The summed E-state index contributed by atoms with van der Waals surface area (Å²) in [6, 6.07) is 0. The van der Waals surface area contributed by atoms with E-state index < -0.39 is 97.5 Å². The molecule has 0 radical (unpaired) electrons. The largest absolute Gasteiger partial charge is 0.472 e. The molecule has 0 aromatic carbocycles. The van der Waals surface area contributed by atoms with E-state index in [1.54, 1.807) is 0 Å². The molecule has 0 fully saturated rings. The zero-order valence-electron chi connectivity index (χ0n) is 57.0. The highest BCUT2D eigenvalue weighted by molar-refractivity contribution is 7.47. The van der Waals surface area contributed by atoms with E-state index in [0.29, 0.717) is 25.7 Å². The van der Waals surface area contributed by atoms with E-state index in [0.717, 1.165) is 102 Å². The first kappa shape index (κ1) is 86.1. The van der Waals surface area contributed by atoms with Gasteiger partial charge in [0.15, 0.2) is 12.2 Å². The zero-order valence-corrected chi connectivity index (χ0v) is 58.8. The Labute approximate surface area is 537 Å². The third kappa shape index (κ3) is 60.3. The van der Waals surface area contributed by atoms with Crippen LogP contribution in [0.25, 0.3) is 0 Å². The topological polar surface area (TPSA) is 237 Å². The van der Waals surface area contributed by atoms with E-state index in [2.05, 4.69) is 41.5 Å². The monoisotopic (exact) mass is 1300 g/mol. The Morgan fingerprint density at radius 3 is 0.807 bits per heavy atom. The fourth-order valence-corrected chi connectivity index (χ4v) is 11.9. The first-order chi connectivity index (χ1) is 42.4. The number of carbonyl (C=O) groups is 4. The molecule has 0 bridgehead atoms. The number of aliphatic hydroxyl groups is 1. The molecule has 0 aliphatic carbocycles. The van der Waals surface area contributed by atoms with E-state index >= 15 is 0 Å². The summed E-state index contributed by atoms with van der Waals surface area (Å²) in [6.45, 7) is 9.56. The smallest absolute Gasteiger partial charge is 0.462 e. The molecule has 0 heterocycles. The van der Waals surface area contributed by atoms with E-state index in [1.165, 1.54) is 167 Å². The molecule has 0 spiro atoms. The van der Waals surface area contributed by atoms with Crippen molar-refractivity contribution < 1.29 is 80.2 Å². The van der Waals surface area contributed by atoms with Gasteiger partial charge in [0.05, 0.1) is 26.4 Å². The summed E-state index contributed by atoms with van der Waals surface area (Å²) in [7, 11) is -9.90. The van der Waals surface area contributed by atoms with Crippen molar-refractivity contribution >= 4 is 39.5 Å². The van der Waals surface area contributed by atoms with Gasteiger partial charge in [0.25, 0.3) is 0 Å². The summed E-state index contributed by atoms with van der Waals surface area (Å²) in [6.07, 6.45) is 45.5. The van der Waals surface area contributed by atoms with Crippen molar-refractivity contribution in [2.75, 3.05) is 39.6 Å². The van der Waals surface area contributed by atoms with Gasteiger partial charge >= 0.3 is 39.5 Å². The molecule has 0 amide bonds. The number of phosphoric acid groups is 2. The lowest BCUT2D eigenvalue weighted by atomic mass is 9.99. The minimum Gasteiger partial charge on any atom is -0.462 e. The lowest BCUT2D eigenvalue weighted by Gasteiger charge is -2.21. The van der Waals surface area contributed by atoms with Gasteiger partial charge in [-0.15, -0.1) is 0 Å². The SMILES string of the molecule is CCCCCCCCCCCCCC(=O)OC[C@H](COP(=O)(O)OC[C@H](O)COP(=O)(O)OC[C@@H](COC(=O)CCCCCCCCCCC(C)CC)OC(=O)CCCCCCCCCCCCC(C)CC)OC(=O)CCCCCCCCCCCCC. The van der Waals surface area contributed by atoms with Crippen LogP contribution in [0.15, 0.2) is 0 Å². The number of esters is 4. The minimum absolute atomic E-state index is 0.106. The number of hydrogen-bond acceptors (Lipinski definition) is 15. The Morgan fingerprint density at radius 2 is 0.545 bits per heavy atom. The molecule has 17 nitrogen and oxygen atoms in total. The summed E-state index contributed by atoms with van der Waals surface area (Å²) in [5.74, 6) is -0.544. The van der Waals surface area contributed by atoms with Crippen LogP contribution in [0.5, 0.6) is 0 Å². The van der Waals surface area contributed by atoms with Gasteiger partial charge < -0.3 is 33.8 Å². The van der Waals surface area contributed by atoms with Gasteiger partial charge in [-0.25, -0.2) is 9.13 Å². The van der Waals surface area contributed by atoms with Gasteiger partial charge in [0, 0.05) is 25.7 Å². The second kappa shape index (κ2) is 61.3. The molecule has 0 rings (SSSR count). The van der Waals surface area contributed by atoms with Crippen molar-refractivity contribution in [1.29, 1.82) is 0 Å². The van der Waals surface area contributed by atoms with Gasteiger partial charge in [-0.05, 0) is 37.5 Å². The van der Waals surface area contributed by atoms with Gasteiger partial charge in [-0.3, -0.25) is 37.3 Å². The number of aliphatic hydroxyl groups excluding tert-OH is 1. The standard InChI is InChI=1S/C69H134O17P2/c1-7-11-13-15-17-19-21-26-33-39-45-51-66(71)79-57-64(85-68(73)53-47-41-35-27-22-20-18-16-14-12-8-2)59-83-87(75,76)81-55-63(70)56-82-88(77,78)84-60-65(58-80-67(72)52-46-40-34-30-29-32-38-44-50-62(6)10-4)86-69(74)54-48-42-36-28-24-23-25-31-37-43-49-61(5)9-3/h61-65,70H,7-60H2,1-6H3,(H,75,76)(H,77,78)/t61?,62?,63-,64+,65+/m0/s1. The lowest BCUT2D eigenvalue weighted by molar-refractivity contribution is -0.161. The highest BCUT2D eigenvalue weighted by Crippen LogP contribution is 2.45.